The molecule has 1 saturated carbocycles. The molecule has 0 N–H and O–H groups in total. The van der Waals surface area contributed by atoms with Crippen LogP contribution in [0.1, 0.15) is 53.4 Å². The SMILES string of the molecule is CC1(I)CCC(C(C)(C)C)CC1. The Balaban J connectivity index is 2.47. The summed E-state index contributed by atoms with van der Waals surface area (Å²) in [6.07, 6.45) is 5.69. The maximum Gasteiger partial charge on any atom is 0.0194 e. The van der Waals surface area contributed by atoms with E-state index in [4.69, 9.17) is 0 Å². The number of rotatable bonds is 0. The van der Waals surface area contributed by atoms with Crippen LogP contribution in [0.5, 0.6) is 0 Å². The summed E-state index contributed by atoms with van der Waals surface area (Å²) in [6, 6.07) is 0. The minimum atomic E-state index is 0.535. The van der Waals surface area contributed by atoms with Gasteiger partial charge >= 0.3 is 0 Å². The number of hydrogen-bond acceptors (Lipinski definition) is 0. The first-order valence-corrected chi connectivity index (χ1v) is 6.08. The van der Waals surface area contributed by atoms with Crippen LogP contribution in [0.2, 0.25) is 0 Å². The summed E-state index contributed by atoms with van der Waals surface area (Å²) in [5.41, 5.74) is 0.535. The molecule has 0 amide bonds. The van der Waals surface area contributed by atoms with E-state index in [-0.39, 0.29) is 0 Å². The zero-order chi connectivity index (χ0) is 9.41. The monoisotopic (exact) mass is 280 g/mol. The van der Waals surface area contributed by atoms with Crippen molar-refractivity contribution in [2.24, 2.45) is 11.3 Å². The average Bonchev–Trinajstić information content (AvgIpc) is 1.83. The highest BCUT2D eigenvalue weighted by Crippen LogP contribution is 2.44. The van der Waals surface area contributed by atoms with Gasteiger partial charge in [-0.2, -0.15) is 0 Å². The number of alkyl halides is 1. The van der Waals surface area contributed by atoms with Crippen LogP contribution in [0.15, 0.2) is 0 Å². The third-order valence-corrected chi connectivity index (χ3v) is 4.33. The van der Waals surface area contributed by atoms with E-state index in [1.54, 1.807) is 0 Å². The Kier molecular flexibility index (Phi) is 3.12. The summed E-state index contributed by atoms with van der Waals surface area (Å²) in [6.45, 7) is 9.54. The van der Waals surface area contributed by atoms with Gasteiger partial charge in [0.1, 0.15) is 0 Å². The van der Waals surface area contributed by atoms with E-state index >= 15 is 0 Å². The Hall–Kier alpha value is 0.730. The third kappa shape index (κ3) is 2.90. The Morgan fingerprint density at radius 2 is 1.58 bits per heavy atom. The Morgan fingerprint density at radius 1 is 1.17 bits per heavy atom. The van der Waals surface area contributed by atoms with E-state index in [1.165, 1.54) is 25.7 Å². The average molecular weight is 280 g/mol. The molecule has 1 rings (SSSR count). The lowest BCUT2D eigenvalue weighted by atomic mass is 9.70. The molecular formula is C11H21I. The van der Waals surface area contributed by atoms with Crippen molar-refractivity contribution >= 4 is 22.6 Å². The number of halogens is 1. The molecule has 0 aromatic rings. The van der Waals surface area contributed by atoms with Crippen LogP contribution in [0.25, 0.3) is 0 Å². The summed E-state index contributed by atoms with van der Waals surface area (Å²) < 4.78 is 0.597. The van der Waals surface area contributed by atoms with Crippen LogP contribution in [-0.2, 0) is 0 Å². The highest BCUT2D eigenvalue weighted by Gasteiger charge is 2.33. The lowest BCUT2D eigenvalue weighted by molar-refractivity contribution is 0.169. The van der Waals surface area contributed by atoms with Crippen molar-refractivity contribution in [1.29, 1.82) is 0 Å². The highest BCUT2D eigenvalue weighted by molar-refractivity contribution is 14.1. The molecule has 0 unspecified atom stereocenters. The molecule has 1 aliphatic carbocycles. The van der Waals surface area contributed by atoms with E-state index in [2.05, 4.69) is 50.3 Å². The van der Waals surface area contributed by atoms with Crippen molar-refractivity contribution in [3.63, 3.8) is 0 Å². The lowest BCUT2D eigenvalue weighted by Crippen LogP contribution is -2.30. The Morgan fingerprint density at radius 3 is 1.92 bits per heavy atom. The van der Waals surface area contributed by atoms with Crippen molar-refractivity contribution in [1.82, 2.24) is 0 Å². The summed E-state index contributed by atoms with van der Waals surface area (Å²) in [5.74, 6) is 0.959. The smallest absolute Gasteiger partial charge is 0.0194 e. The quantitative estimate of drug-likeness (QED) is 0.455. The van der Waals surface area contributed by atoms with Gasteiger partial charge in [-0.3, -0.25) is 0 Å². The predicted octanol–water partition coefficient (Wildman–Crippen LogP) is 4.42. The van der Waals surface area contributed by atoms with E-state index in [0.29, 0.717) is 8.84 Å². The molecule has 72 valence electrons. The van der Waals surface area contributed by atoms with E-state index in [1.807, 2.05) is 0 Å². The van der Waals surface area contributed by atoms with Gasteiger partial charge in [0.15, 0.2) is 0 Å². The molecule has 0 aliphatic heterocycles. The van der Waals surface area contributed by atoms with Gasteiger partial charge < -0.3 is 0 Å². The van der Waals surface area contributed by atoms with Crippen molar-refractivity contribution in [3.8, 4) is 0 Å². The maximum atomic E-state index is 2.63. The van der Waals surface area contributed by atoms with Crippen LogP contribution < -0.4 is 0 Å². The summed E-state index contributed by atoms with van der Waals surface area (Å²) in [7, 11) is 0. The van der Waals surface area contributed by atoms with Gasteiger partial charge in [-0.15, -0.1) is 0 Å². The van der Waals surface area contributed by atoms with Crippen molar-refractivity contribution in [2.75, 3.05) is 0 Å². The lowest BCUT2D eigenvalue weighted by Gasteiger charge is -2.39. The van der Waals surface area contributed by atoms with Crippen molar-refractivity contribution in [2.45, 2.75) is 56.8 Å². The minimum absolute atomic E-state index is 0.535. The molecule has 1 fully saturated rings. The Bertz CT molecular complexity index is 143. The molecule has 1 aliphatic rings. The standard InChI is InChI=1S/C11H21I/c1-10(2,3)9-5-7-11(4,12)8-6-9/h9H,5-8H2,1-4H3. The van der Waals surface area contributed by atoms with Gasteiger partial charge in [0, 0.05) is 3.42 Å². The fraction of sp³-hybridized carbons (Fsp3) is 1.00. The molecule has 0 nitrogen and oxygen atoms in total. The molecule has 0 aromatic carbocycles. The van der Waals surface area contributed by atoms with Gasteiger partial charge in [0.25, 0.3) is 0 Å². The molecule has 0 spiro atoms. The Labute approximate surface area is 90.6 Å². The molecule has 0 heterocycles. The van der Waals surface area contributed by atoms with E-state index < -0.39 is 0 Å². The molecule has 0 aromatic heterocycles. The molecule has 0 bridgehead atoms. The zero-order valence-electron chi connectivity index (χ0n) is 8.78. The first-order valence-electron chi connectivity index (χ1n) is 5.00. The normalized spacial score (nSPS) is 38.2. The second kappa shape index (κ2) is 3.47. The van der Waals surface area contributed by atoms with Crippen molar-refractivity contribution < 1.29 is 0 Å². The molecule has 1 heteroatoms. The van der Waals surface area contributed by atoms with Crippen molar-refractivity contribution in [3.05, 3.63) is 0 Å². The third-order valence-electron chi connectivity index (χ3n) is 3.25. The second-order valence-corrected chi connectivity index (χ2v) is 8.16. The van der Waals surface area contributed by atoms with Crippen LogP contribution in [0.4, 0.5) is 0 Å². The van der Waals surface area contributed by atoms with Crippen LogP contribution in [0.3, 0.4) is 0 Å². The topological polar surface area (TPSA) is 0 Å². The molecular weight excluding hydrogens is 259 g/mol. The van der Waals surface area contributed by atoms with Gasteiger partial charge in [0.05, 0.1) is 0 Å². The van der Waals surface area contributed by atoms with Crippen LogP contribution in [-0.4, -0.2) is 3.42 Å². The second-order valence-electron chi connectivity index (χ2n) is 5.55. The predicted molar refractivity (Wildman–Crippen MR) is 63.8 cm³/mol. The molecule has 12 heavy (non-hydrogen) atoms. The van der Waals surface area contributed by atoms with Gasteiger partial charge in [-0.1, -0.05) is 50.3 Å². The maximum absolute atomic E-state index is 2.63. The summed E-state index contributed by atoms with van der Waals surface area (Å²) >= 11 is 2.63. The first-order chi connectivity index (χ1) is 5.31. The fourth-order valence-corrected chi connectivity index (χ4v) is 2.71. The van der Waals surface area contributed by atoms with Gasteiger partial charge in [-0.05, 0) is 37.0 Å². The van der Waals surface area contributed by atoms with Crippen LogP contribution in [0, 0.1) is 11.3 Å². The molecule has 0 saturated heterocycles. The van der Waals surface area contributed by atoms with Crippen LogP contribution >= 0.6 is 22.6 Å². The molecule has 0 atom stereocenters. The van der Waals surface area contributed by atoms with E-state index in [0.717, 1.165) is 5.92 Å². The van der Waals surface area contributed by atoms with Gasteiger partial charge in [0.2, 0.25) is 0 Å². The minimum Gasteiger partial charge on any atom is -0.0792 e. The van der Waals surface area contributed by atoms with E-state index in [9.17, 15) is 0 Å². The fourth-order valence-electron chi connectivity index (χ4n) is 2.09. The highest BCUT2D eigenvalue weighted by atomic mass is 127. The zero-order valence-corrected chi connectivity index (χ0v) is 10.9. The largest absolute Gasteiger partial charge is 0.0792 e. The summed E-state index contributed by atoms with van der Waals surface area (Å²) in [5, 5.41) is 0. The molecule has 0 radical (unpaired) electrons. The first kappa shape index (κ1) is 10.8. The van der Waals surface area contributed by atoms with Gasteiger partial charge in [-0.25, -0.2) is 0 Å². The number of hydrogen-bond donors (Lipinski definition) is 0. The summed E-state index contributed by atoms with van der Waals surface area (Å²) in [4.78, 5) is 0.